The van der Waals surface area contributed by atoms with Crippen molar-refractivity contribution in [3.8, 4) is 11.4 Å². The SMILES string of the molecule is CCOP(=O)(NCc1ccccc1Cl)c1ccc(-c2noc(C(F)(F)Cl)n2)cc1. The summed E-state index contributed by atoms with van der Waals surface area (Å²) in [5.41, 5.74) is 1.16. The quantitative estimate of drug-likeness (QED) is 0.361. The fraction of sp³-hybridized carbons (Fsp3) is 0.222. The van der Waals surface area contributed by atoms with E-state index in [0.29, 0.717) is 15.9 Å². The number of hydrogen-bond donors (Lipinski definition) is 1. The summed E-state index contributed by atoms with van der Waals surface area (Å²) in [7, 11) is -3.40. The monoisotopic (exact) mass is 461 g/mol. The molecule has 0 saturated heterocycles. The predicted octanol–water partition coefficient (Wildman–Crippen LogP) is 5.32. The van der Waals surface area contributed by atoms with Crippen molar-refractivity contribution >= 4 is 36.0 Å². The summed E-state index contributed by atoms with van der Waals surface area (Å²) in [5.74, 6) is -1.07. The molecule has 0 spiro atoms. The van der Waals surface area contributed by atoms with Gasteiger partial charge in [-0.25, -0.2) is 5.09 Å². The molecule has 3 rings (SSSR count). The molecule has 0 aliphatic heterocycles. The third-order valence-electron chi connectivity index (χ3n) is 3.88. The minimum absolute atomic E-state index is 0.0675. The second-order valence-electron chi connectivity index (χ2n) is 5.86. The molecule has 11 heteroatoms. The lowest BCUT2D eigenvalue weighted by atomic mass is 10.2. The van der Waals surface area contributed by atoms with E-state index in [1.807, 2.05) is 12.1 Å². The van der Waals surface area contributed by atoms with Crippen molar-refractivity contribution in [1.82, 2.24) is 15.2 Å². The van der Waals surface area contributed by atoms with Gasteiger partial charge in [-0.3, -0.25) is 4.57 Å². The maximum atomic E-state index is 13.3. The summed E-state index contributed by atoms with van der Waals surface area (Å²) in [6, 6.07) is 13.3. The lowest BCUT2D eigenvalue weighted by molar-refractivity contribution is 0.0551. The molecule has 0 radical (unpaired) electrons. The van der Waals surface area contributed by atoms with Crippen LogP contribution < -0.4 is 10.4 Å². The van der Waals surface area contributed by atoms with Crippen LogP contribution in [0.25, 0.3) is 11.4 Å². The summed E-state index contributed by atoms with van der Waals surface area (Å²) >= 11 is 11.0. The zero-order chi connectivity index (χ0) is 21.1. The molecule has 0 saturated carbocycles. The van der Waals surface area contributed by atoms with Crippen LogP contribution in [0.5, 0.6) is 0 Å². The molecule has 0 bridgehead atoms. The van der Waals surface area contributed by atoms with Crippen molar-refractivity contribution in [2.75, 3.05) is 6.61 Å². The zero-order valence-corrected chi connectivity index (χ0v) is 17.5. The smallest absolute Gasteiger partial charge is 0.331 e. The average molecular weight is 462 g/mol. The topological polar surface area (TPSA) is 77.2 Å². The summed E-state index contributed by atoms with van der Waals surface area (Å²) in [6.07, 6.45) is 0. The molecule has 1 atom stereocenters. The molecule has 0 fully saturated rings. The van der Waals surface area contributed by atoms with Crippen LogP contribution in [0.3, 0.4) is 0 Å². The van der Waals surface area contributed by atoms with Crippen molar-refractivity contribution in [2.24, 2.45) is 0 Å². The Morgan fingerprint density at radius 3 is 2.48 bits per heavy atom. The largest absolute Gasteiger partial charge is 0.400 e. The lowest BCUT2D eigenvalue weighted by Crippen LogP contribution is -2.21. The van der Waals surface area contributed by atoms with Gasteiger partial charge in [0.2, 0.25) is 5.82 Å². The number of rotatable bonds is 8. The molecule has 2 aromatic carbocycles. The summed E-state index contributed by atoms with van der Waals surface area (Å²) in [6.45, 7) is 2.18. The molecule has 1 aromatic heterocycles. The van der Waals surface area contributed by atoms with Crippen LogP contribution in [0.1, 0.15) is 18.4 Å². The van der Waals surface area contributed by atoms with Crippen molar-refractivity contribution in [3.63, 3.8) is 0 Å². The van der Waals surface area contributed by atoms with Crippen LogP contribution in [-0.4, -0.2) is 16.7 Å². The first kappa shape index (κ1) is 21.9. The first-order valence-electron chi connectivity index (χ1n) is 8.48. The zero-order valence-electron chi connectivity index (χ0n) is 15.1. The Morgan fingerprint density at radius 1 is 1.21 bits per heavy atom. The van der Waals surface area contributed by atoms with Crippen LogP contribution in [0.15, 0.2) is 53.1 Å². The van der Waals surface area contributed by atoms with Gasteiger partial charge in [-0.1, -0.05) is 47.1 Å². The molecule has 154 valence electrons. The van der Waals surface area contributed by atoms with E-state index in [1.165, 1.54) is 12.1 Å². The van der Waals surface area contributed by atoms with Crippen LogP contribution >= 0.6 is 30.7 Å². The molecule has 29 heavy (non-hydrogen) atoms. The average Bonchev–Trinajstić information content (AvgIpc) is 3.19. The molecule has 6 nitrogen and oxygen atoms in total. The Labute approximate surface area is 175 Å². The fourth-order valence-corrected chi connectivity index (χ4v) is 4.47. The number of benzene rings is 2. The minimum Gasteiger partial charge on any atom is -0.331 e. The van der Waals surface area contributed by atoms with Gasteiger partial charge < -0.3 is 9.05 Å². The highest BCUT2D eigenvalue weighted by atomic mass is 35.5. The van der Waals surface area contributed by atoms with Gasteiger partial charge in [0, 0.05) is 17.1 Å². The second kappa shape index (κ2) is 8.90. The first-order chi connectivity index (χ1) is 13.7. The number of halogens is 4. The van der Waals surface area contributed by atoms with Crippen LogP contribution in [0, 0.1) is 0 Å². The van der Waals surface area contributed by atoms with Gasteiger partial charge in [0.25, 0.3) is 7.52 Å². The third kappa shape index (κ3) is 5.21. The van der Waals surface area contributed by atoms with Gasteiger partial charge in [0.1, 0.15) is 0 Å². The normalized spacial score (nSPS) is 14.0. The van der Waals surface area contributed by atoms with Crippen LogP contribution in [0.2, 0.25) is 5.02 Å². The van der Waals surface area contributed by atoms with Crippen molar-refractivity contribution in [3.05, 3.63) is 65.0 Å². The molecule has 0 aliphatic carbocycles. The Kier molecular flexibility index (Phi) is 6.71. The first-order valence-corrected chi connectivity index (χ1v) is 10.9. The predicted molar refractivity (Wildman–Crippen MR) is 107 cm³/mol. The maximum Gasteiger partial charge on any atom is 0.400 e. The van der Waals surface area contributed by atoms with Gasteiger partial charge in [0.15, 0.2) is 0 Å². The molecule has 1 unspecified atom stereocenters. The van der Waals surface area contributed by atoms with Crippen LogP contribution in [0.4, 0.5) is 8.78 Å². The van der Waals surface area contributed by atoms with E-state index in [-0.39, 0.29) is 19.0 Å². The van der Waals surface area contributed by atoms with E-state index in [2.05, 4.69) is 19.8 Å². The second-order valence-corrected chi connectivity index (χ2v) is 8.94. The van der Waals surface area contributed by atoms with E-state index in [4.69, 9.17) is 27.7 Å². The van der Waals surface area contributed by atoms with Crippen molar-refractivity contribution in [1.29, 1.82) is 0 Å². The summed E-state index contributed by atoms with van der Waals surface area (Å²) < 4.78 is 49.4. The van der Waals surface area contributed by atoms with E-state index in [9.17, 15) is 13.3 Å². The van der Waals surface area contributed by atoms with E-state index in [0.717, 1.165) is 5.56 Å². The standard InChI is InChI=1S/C18H16Cl2F2N3O3P/c1-2-27-29(26,23-11-13-5-3-4-6-15(13)19)14-9-7-12(8-10-14)16-24-17(28-25-16)18(20,21)22/h3-10H,2,11H2,1H3,(H,23,26). The highest BCUT2D eigenvalue weighted by molar-refractivity contribution is 7.65. The molecular formula is C18H16Cl2F2N3O3P. The molecule has 1 heterocycles. The molecule has 1 N–H and O–H groups in total. The summed E-state index contributed by atoms with van der Waals surface area (Å²) in [4.78, 5) is 3.58. The number of nitrogens with zero attached hydrogens (tertiary/aromatic N) is 2. The highest BCUT2D eigenvalue weighted by Gasteiger charge is 2.35. The van der Waals surface area contributed by atoms with Gasteiger partial charge in [-0.05, 0) is 42.3 Å². The number of nitrogens with one attached hydrogen (secondary N) is 1. The van der Waals surface area contributed by atoms with Gasteiger partial charge in [-0.2, -0.15) is 13.8 Å². The third-order valence-corrected chi connectivity index (χ3v) is 6.58. The van der Waals surface area contributed by atoms with E-state index in [1.54, 1.807) is 31.2 Å². The Balaban J connectivity index is 1.81. The Bertz CT molecular complexity index is 1030. The van der Waals surface area contributed by atoms with Crippen molar-refractivity contribution in [2.45, 2.75) is 18.9 Å². The minimum atomic E-state index is -3.75. The lowest BCUT2D eigenvalue weighted by Gasteiger charge is -2.20. The Morgan fingerprint density at radius 2 is 1.90 bits per heavy atom. The Hall–Kier alpha value is -1.83. The van der Waals surface area contributed by atoms with Gasteiger partial charge >= 0.3 is 11.3 Å². The molecule has 0 aliphatic rings. The highest BCUT2D eigenvalue weighted by Crippen LogP contribution is 2.42. The van der Waals surface area contributed by atoms with Crippen molar-refractivity contribution < 1.29 is 22.4 Å². The van der Waals surface area contributed by atoms with Gasteiger partial charge in [0.05, 0.1) is 11.9 Å². The molecule has 0 amide bonds. The van der Waals surface area contributed by atoms with Gasteiger partial charge in [-0.15, -0.1) is 0 Å². The molecule has 3 aromatic rings. The molecular weight excluding hydrogens is 446 g/mol. The maximum absolute atomic E-state index is 13.3. The summed E-state index contributed by atoms with van der Waals surface area (Å²) in [5, 5.41) is 3.60. The number of hydrogen-bond acceptors (Lipinski definition) is 5. The van der Waals surface area contributed by atoms with E-state index < -0.39 is 18.8 Å². The fourth-order valence-electron chi connectivity index (χ4n) is 2.49. The van der Waals surface area contributed by atoms with E-state index >= 15 is 0 Å². The number of aromatic nitrogens is 2. The van der Waals surface area contributed by atoms with Crippen LogP contribution in [-0.2, 0) is 21.0 Å². The number of alkyl halides is 3.